The minimum atomic E-state index is -4.22. The molecule has 1 aliphatic heterocycles. The van der Waals surface area contributed by atoms with Crippen molar-refractivity contribution in [1.82, 2.24) is 20.1 Å². The van der Waals surface area contributed by atoms with Crippen molar-refractivity contribution in [2.75, 3.05) is 33.2 Å². The lowest BCUT2D eigenvalue weighted by Crippen LogP contribution is -2.56. The number of nitrogens with zero attached hydrogens (tertiary/aromatic N) is 4. The quantitative estimate of drug-likeness (QED) is 0.253. The Kier molecular flexibility index (Phi) is 9.49. The summed E-state index contributed by atoms with van der Waals surface area (Å²) in [5.74, 6) is 0.934. The molecule has 0 saturated carbocycles. The van der Waals surface area contributed by atoms with Gasteiger partial charge in [0.1, 0.15) is 17.6 Å². The van der Waals surface area contributed by atoms with E-state index in [1.807, 2.05) is 11.0 Å². The molecule has 32 heavy (non-hydrogen) atoms. The summed E-state index contributed by atoms with van der Waals surface area (Å²) in [6.07, 6.45) is -2.59. The molecule has 1 aliphatic rings. The third-order valence-corrected chi connectivity index (χ3v) is 5.11. The summed E-state index contributed by atoms with van der Waals surface area (Å²) in [4.78, 5) is 11.8. The van der Waals surface area contributed by atoms with E-state index in [0.717, 1.165) is 5.56 Å². The molecule has 2 aromatic rings. The Bertz CT molecular complexity index is 887. The number of rotatable bonds is 5. The van der Waals surface area contributed by atoms with Crippen LogP contribution >= 0.6 is 24.0 Å². The first-order valence-corrected chi connectivity index (χ1v) is 9.91. The molecule has 0 spiro atoms. The molecule has 0 radical (unpaired) electrons. The van der Waals surface area contributed by atoms with Gasteiger partial charge in [0.05, 0.1) is 0 Å². The maximum atomic E-state index is 13.2. The molecular weight excluding hydrogens is 541 g/mol. The summed E-state index contributed by atoms with van der Waals surface area (Å²) < 4.78 is 57.5. The minimum Gasteiger partial charge on any atom is -0.439 e. The summed E-state index contributed by atoms with van der Waals surface area (Å²) >= 11 is 0. The summed E-state index contributed by atoms with van der Waals surface area (Å²) in [6.45, 7) is 3.18. The van der Waals surface area contributed by atoms with Crippen LogP contribution in [0.4, 0.5) is 17.6 Å². The summed E-state index contributed by atoms with van der Waals surface area (Å²) in [7, 11) is 1.64. The van der Waals surface area contributed by atoms with Gasteiger partial charge in [0, 0.05) is 58.1 Å². The highest BCUT2D eigenvalue weighted by molar-refractivity contribution is 14.0. The van der Waals surface area contributed by atoms with Gasteiger partial charge in [-0.2, -0.15) is 13.2 Å². The van der Waals surface area contributed by atoms with E-state index in [1.165, 1.54) is 24.0 Å². The number of piperazine rings is 1. The average molecular weight is 567 g/mol. The van der Waals surface area contributed by atoms with Gasteiger partial charge in [-0.1, -0.05) is 12.1 Å². The molecule has 11 heteroatoms. The number of aromatic nitrogens is 1. The smallest absolute Gasteiger partial charge is 0.403 e. The lowest BCUT2D eigenvalue weighted by Gasteiger charge is -2.39. The lowest BCUT2D eigenvalue weighted by molar-refractivity contribution is -0.181. The van der Waals surface area contributed by atoms with Crippen LogP contribution in [0.15, 0.2) is 47.6 Å². The van der Waals surface area contributed by atoms with Crippen LogP contribution in [-0.4, -0.2) is 66.2 Å². The van der Waals surface area contributed by atoms with E-state index in [0.29, 0.717) is 50.3 Å². The van der Waals surface area contributed by atoms with Crippen LogP contribution in [0.3, 0.4) is 0 Å². The van der Waals surface area contributed by atoms with Gasteiger partial charge in [-0.3, -0.25) is 9.89 Å². The highest BCUT2D eigenvalue weighted by Gasteiger charge is 2.41. The lowest BCUT2D eigenvalue weighted by atomic mass is 10.2. The van der Waals surface area contributed by atoms with Crippen LogP contribution in [0, 0.1) is 5.82 Å². The first-order chi connectivity index (χ1) is 14.8. The van der Waals surface area contributed by atoms with Crippen LogP contribution in [0.25, 0.3) is 0 Å². The van der Waals surface area contributed by atoms with Crippen molar-refractivity contribution in [3.63, 3.8) is 0 Å². The number of hydrogen-bond donors (Lipinski definition) is 1. The topological polar surface area (TPSA) is 53.0 Å². The van der Waals surface area contributed by atoms with Crippen molar-refractivity contribution >= 4 is 29.9 Å². The average Bonchev–Trinajstić information content (AvgIpc) is 2.74. The molecule has 1 atom stereocenters. The Balaban J connectivity index is 0.00000363. The van der Waals surface area contributed by atoms with Gasteiger partial charge in [-0.05, 0) is 24.6 Å². The maximum Gasteiger partial charge on any atom is 0.403 e. The number of benzene rings is 1. The SMILES string of the molecule is CN=C(NCc1ccc(Oc2cccc(F)c2)nc1)N1CCN(C(C)C(F)(F)F)CC1.I. The van der Waals surface area contributed by atoms with Crippen molar-refractivity contribution in [2.45, 2.75) is 25.7 Å². The van der Waals surface area contributed by atoms with Crippen LogP contribution in [0.1, 0.15) is 12.5 Å². The van der Waals surface area contributed by atoms with E-state index in [9.17, 15) is 17.6 Å². The number of aliphatic imine (C=N–C) groups is 1. The zero-order valence-corrected chi connectivity index (χ0v) is 20.1. The van der Waals surface area contributed by atoms with E-state index in [-0.39, 0.29) is 24.0 Å². The van der Waals surface area contributed by atoms with Crippen molar-refractivity contribution in [1.29, 1.82) is 0 Å². The zero-order chi connectivity index (χ0) is 22.4. The molecule has 1 fully saturated rings. The number of guanidine groups is 1. The van der Waals surface area contributed by atoms with Gasteiger partial charge in [0.25, 0.3) is 0 Å². The van der Waals surface area contributed by atoms with Crippen molar-refractivity contribution in [3.8, 4) is 11.6 Å². The van der Waals surface area contributed by atoms with E-state index in [1.54, 1.807) is 31.4 Å². The van der Waals surface area contributed by atoms with Gasteiger partial charge in [0.15, 0.2) is 5.96 Å². The van der Waals surface area contributed by atoms with Gasteiger partial charge < -0.3 is 15.0 Å². The molecule has 1 aromatic carbocycles. The fourth-order valence-electron chi connectivity index (χ4n) is 3.27. The molecule has 6 nitrogen and oxygen atoms in total. The predicted molar refractivity (Wildman–Crippen MR) is 125 cm³/mol. The van der Waals surface area contributed by atoms with E-state index >= 15 is 0 Å². The molecule has 0 amide bonds. The standard InChI is InChI=1S/C21H25F4N5O.HI/c1-15(21(23,24)25)29-8-10-30(11-9-29)20(26-2)28-14-16-6-7-19(27-13-16)31-18-5-3-4-17(22)12-18;/h3-7,12-13,15H,8-11,14H2,1-2H3,(H,26,28);1H. The molecule has 3 rings (SSSR count). The maximum absolute atomic E-state index is 13.2. The normalized spacial score (nSPS) is 16.3. The number of nitrogens with one attached hydrogen (secondary N) is 1. The number of alkyl halides is 3. The Morgan fingerprint density at radius 1 is 1.19 bits per heavy atom. The third kappa shape index (κ3) is 7.19. The summed E-state index contributed by atoms with van der Waals surface area (Å²) in [5.41, 5.74) is 0.872. The molecule has 2 heterocycles. The van der Waals surface area contributed by atoms with Crippen molar-refractivity contribution in [3.05, 3.63) is 54.0 Å². The largest absolute Gasteiger partial charge is 0.439 e. The van der Waals surface area contributed by atoms with Crippen LogP contribution < -0.4 is 10.1 Å². The van der Waals surface area contributed by atoms with Gasteiger partial charge in [-0.25, -0.2) is 9.37 Å². The monoisotopic (exact) mass is 567 g/mol. The Hall–Kier alpha value is -2.15. The minimum absolute atomic E-state index is 0. The molecular formula is C21H26F4IN5O. The summed E-state index contributed by atoms with van der Waals surface area (Å²) in [6, 6.07) is 7.85. The second kappa shape index (κ2) is 11.6. The number of hydrogen-bond acceptors (Lipinski definition) is 4. The first-order valence-electron chi connectivity index (χ1n) is 9.91. The molecule has 0 bridgehead atoms. The molecule has 1 saturated heterocycles. The van der Waals surface area contributed by atoms with Gasteiger partial charge in [0.2, 0.25) is 5.88 Å². The molecule has 176 valence electrons. The van der Waals surface area contributed by atoms with Crippen LogP contribution in [0.2, 0.25) is 0 Å². The van der Waals surface area contributed by atoms with E-state index in [2.05, 4.69) is 15.3 Å². The second-order valence-electron chi connectivity index (χ2n) is 7.21. The Morgan fingerprint density at radius 3 is 2.47 bits per heavy atom. The number of pyridine rings is 1. The van der Waals surface area contributed by atoms with Gasteiger partial charge >= 0.3 is 6.18 Å². The van der Waals surface area contributed by atoms with Crippen molar-refractivity contribution < 1.29 is 22.3 Å². The second-order valence-corrected chi connectivity index (χ2v) is 7.21. The highest BCUT2D eigenvalue weighted by atomic mass is 127. The van der Waals surface area contributed by atoms with E-state index in [4.69, 9.17) is 4.74 Å². The number of halogens is 5. The fourth-order valence-corrected chi connectivity index (χ4v) is 3.27. The van der Waals surface area contributed by atoms with Crippen molar-refractivity contribution in [2.24, 2.45) is 4.99 Å². The fraction of sp³-hybridized carbons (Fsp3) is 0.429. The third-order valence-electron chi connectivity index (χ3n) is 5.11. The van der Waals surface area contributed by atoms with Crippen LogP contribution in [0.5, 0.6) is 11.6 Å². The molecule has 1 unspecified atom stereocenters. The number of ether oxygens (including phenoxy) is 1. The molecule has 0 aliphatic carbocycles. The summed E-state index contributed by atoms with van der Waals surface area (Å²) in [5, 5.41) is 3.21. The van der Waals surface area contributed by atoms with E-state index < -0.39 is 18.0 Å². The molecule has 1 aromatic heterocycles. The first kappa shape index (κ1) is 26.1. The highest BCUT2D eigenvalue weighted by Crippen LogP contribution is 2.25. The Labute approximate surface area is 201 Å². The Morgan fingerprint density at radius 2 is 1.91 bits per heavy atom. The molecule has 1 N–H and O–H groups in total. The zero-order valence-electron chi connectivity index (χ0n) is 17.8. The predicted octanol–water partition coefficient (Wildman–Crippen LogP) is 4.27. The van der Waals surface area contributed by atoms with Crippen LogP contribution in [-0.2, 0) is 6.54 Å². The van der Waals surface area contributed by atoms with Gasteiger partial charge in [-0.15, -0.1) is 24.0 Å².